The lowest BCUT2D eigenvalue weighted by Crippen LogP contribution is -2.23. The van der Waals surface area contributed by atoms with Crippen LogP contribution >= 0.6 is 0 Å². The molecule has 90 valence electrons. The molecular weight excluding hydrogens is 198 g/mol. The summed E-state index contributed by atoms with van der Waals surface area (Å²) < 4.78 is 5.16. The summed E-state index contributed by atoms with van der Waals surface area (Å²) in [7, 11) is 3.89. The first kappa shape index (κ1) is 13.0. The maximum absolute atomic E-state index is 5.16. The molecule has 0 bridgehead atoms. The summed E-state index contributed by atoms with van der Waals surface area (Å²) >= 11 is 0. The third kappa shape index (κ3) is 3.53. The number of benzene rings is 1. The van der Waals surface area contributed by atoms with Gasteiger partial charge in [-0.3, -0.25) is 4.90 Å². The van der Waals surface area contributed by atoms with E-state index in [0.29, 0.717) is 6.04 Å². The average Bonchev–Trinajstić information content (AvgIpc) is 2.35. The van der Waals surface area contributed by atoms with Crippen molar-refractivity contribution < 1.29 is 4.74 Å². The Bertz CT molecular complexity index is 294. The summed E-state index contributed by atoms with van der Waals surface area (Å²) in [5.74, 6) is 0.923. The van der Waals surface area contributed by atoms with E-state index >= 15 is 0 Å². The number of rotatable bonds is 6. The van der Waals surface area contributed by atoms with Crippen LogP contribution in [-0.4, -0.2) is 25.6 Å². The highest BCUT2D eigenvalue weighted by atomic mass is 16.5. The first-order valence-electron chi connectivity index (χ1n) is 6.03. The fourth-order valence-corrected chi connectivity index (χ4v) is 1.74. The zero-order valence-corrected chi connectivity index (χ0v) is 10.9. The van der Waals surface area contributed by atoms with E-state index in [1.165, 1.54) is 18.4 Å². The van der Waals surface area contributed by atoms with Gasteiger partial charge in [0.15, 0.2) is 0 Å². The van der Waals surface area contributed by atoms with Gasteiger partial charge in [-0.05, 0) is 44.6 Å². The second-order valence-electron chi connectivity index (χ2n) is 4.28. The zero-order chi connectivity index (χ0) is 12.0. The number of methoxy groups -OCH3 is 1. The van der Waals surface area contributed by atoms with Gasteiger partial charge in [0.2, 0.25) is 0 Å². The van der Waals surface area contributed by atoms with Gasteiger partial charge in [-0.25, -0.2) is 0 Å². The summed E-state index contributed by atoms with van der Waals surface area (Å²) in [6.45, 7) is 5.63. The van der Waals surface area contributed by atoms with Crippen molar-refractivity contribution in [2.75, 3.05) is 20.7 Å². The van der Waals surface area contributed by atoms with Gasteiger partial charge in [0.1, 0.15) is 5.75 Å². The van der Waals surface area contributed by atoms with Crippen LogP contribution in [0.3, 0.4) is 0 Å². The average molecular weight is 221 g/mol. The van der Waals surface area contributed by atoms with E-state index in [1.54, 1.807) is 7.11 Å². The molecule has 0 aliphatic rings. The van der Waals surface area contributed by atoms with Crippen LogP contribution in [0.2, 0.25) is 0 Å². The summed E-state index contributed by atoms with van der Waals surface area (Å²) in [5.41, 5.74) is 1.35. The minimum atomic E-state index is 0.470. The molecule has 1 aromatic rings. The van der Waals surface area contributed by atoms with Crippen LogP contribution in [0.4, 0.5) is 0 Å². The number of hydrogen-bond acceptors (Lipinski definition) is 2. The number of ether oxygens (including phenoxy) is 1. The van der Waals surface area contributed by atoms with Crippen molar-refractivity contribution in [1.29, 1.82) is 0 Å². The second kappa shape index (κ2) is 6.54. The van der Waals surface area contributed by atoms with Gasteiger partial charge in [-0.1, -0.05) is 25.5 Å². The van der Waals surface area contributed by atoms with Gasteiger partial charge in [0.05, 0.1) is 7.11 Å². The van der Waals surface area contributed by atoms with Crippen LogP contribution in [0, 0.1) is 0 Å². The molecule has 0 aromatic heterocycles. The molecule has 0 fully saturated rings. The normalized spacial score (nSPS) is 12.8. The lowest BCUT2D eigenvalue weighted by atomic mass is 10.1. The molecular formula is C14H23NO. The molecule has 16 heavy (non-hydrogen) atoms. The predicted molar refractivity (Wildman–Crippen MR) is 68.9 cm³/mol. The summed E-state index contributed by atoms with van der Waals surface area (Å²) in [5, 5.41) is 0. The topological polar surface area (TPSA) is 12.5 Å². The molecule has 0 aliphatic carbocycles. The fraction of sp³-hybridized carbons (Fsp3) is 0.571. The maximum Gasteiger partial charge on any atom is 0.118 e. The summed E-state index contributed by atoms with van der Waals surface area (Å²) in [4.78, 5) is 2.39. The maximum atomic E-state index is 5.16. The van der Waals surface area contributed by atoms with E-state index in [1.807, 2.05) is 12.1 Å². The summed E-state index contributed by atoms with van der Waals surface area (Å²) in [6.07, 6.45) is 2.51. The van der Waals surface area contributed by atoms with E-state index in [0.717, 1.165) is 12.3 Å². The van der Waals surface area contributed by atoms with E-state index < -0.39 is 0 Å². The van der Waals surface area contributed by atoms with Gasteiger partial charge >= 0.3 is 0 Å². The molecule has 1 rings (SSSR count). The van der Waals surface area contributed by atoms with Gasteiger partial charge < -0.3 is 4.74 Å². The van der Waals surface area contributed by atoms with Crippen molar-refractivity contribution >= 4 is 0 Å². The van der Waals surface area contributed by atoms with E-state index in [2.05, 4.69) is 37.9 Å². The monoisotopic (exact) mass is 221 g/mol. The number of hydrogen-bond donors (Lipinski definition) is 0. The molecule has 2 heteroatoms. The molecule has 0 radical (unpaired) electrons. The number of nitrogens with zero attached hydrogens (tertiary/aromatic N) is 1. The fourth-order valence-electron chi connectivity index (χ4n) is 1.74. The van der Waals surface area contributed by atoms with Crippen LogP contribution in [0.1, 0.15) is 38.3 Å². The molecule has 1 aromatic carbocycles. The Morgan fingerprint density at radius 1 is 1.25 bits per heavy atom. The highest BCUT2D eigenvalue weighted by molar-refractivity contribution is 5.28. The van der Waals surface area contributed by atoms with Crippen molar-refractivity contribution in [2.45, 2.75) is 32.7 Å². The second-order valence-corrected chi connectivity index (χ2v) is 4.28. The quantitative estimate of drug-likeness (QED) is 0.729. The van der Waals surface area contributed by atoms with Crippen LogP contribution in [-0.2, 0) is 0 Å². The van der Waals surface area contributed by atoms with Crippen molar-refractivity contribution in [2.24, 2.45) is 0 Å². The van der Waals surface area contributed by atoms with Crippen LogP contribution in [0.25, 0.3) is 0 Å². The van der Waals surface area contributed by atoms with Crippen LogP contribution < -0.4 is 4.74 Å². The predicted octanol–water partition coefficient (Wildman–Crippen LogP) is 3.49. The minimum Gasteiger partial charge on any atom is -0.497 e. The first-order chi connectivity index (χ1) is 7.69. The van der Waals surface area contributed by atoms with Gasteiger partial charge in [-0.2, -0.15) is 0 Å². The highest BCUT2D eigenvalue weighted by Crippen LogP contribution is 2.21. The van der Waals surface area contributed by atoms with Gasteiger partial charge in [0.25, 0.3) is 0 Å². The van der Waals surface area contributed by atoms with E-state index in [-0.39, 0.29) is 0 Å². The van der Waals surface area contributed by atoms with Crippen molar-refractivity contribution in [3.63, 3.8) is 0 Å². The molecule has 2 nitrogen and oxygen atoms in total. The number of unbranched alkanes of at least 4 members (excludes halogenated alkanes) is 1. The molecule has 1 atom stereocenters. The third-order valence-corrected chi connectivity index (χ3v) is 3.12. The standard InChI is InChI=1S/C14H23NO/c1-5-6-11-15(3)12(2)13-7-9-14(16-4)10-8-13/h7-10,12H,5-6,11H2,1-4H3. The Kier molecular flexibility index (Phi) is 5.33. The molecule has 0 spiro atoms. The first-order valence-corrected chi connectivity index (χ1v) is 6.03. The Morgan fingerprint density at radius 2 is 1.88 bits per heavy atom. The zero-order valence-electron chi connectivity index (χ0n) is 10.9. The van der Waals surface area contributed by atoms with Gasteiger partial charge in [0, 0.05) is 6.04 Å². The van der Waals surface area contributed by atoms with Crippen molar-refractivity contribution in [3.8, 4) is 5.75 Å². The van der Waals surface area contributed by atoms with Crippen LogP contribution in [0.5, 0.6) is 5.75 Å². The molecule has 0 heterocycles. The van der Waals surface area contributed by atoms with Crippen LogP contribution in [0.15, 0.2) is 24.3 Å². The molecule has 0 amide bonds. The van der Waals surface area contributed by atoms with Crippen molar-refractivity contribution in [3.05, 3.63) is 29.8 Å². The Hall–Kier alpha value is -1.02. The Morgan fingerprint density at radius 3 is 2.38 bits per heavy atom. The SMILES string of the molecule is CCCCN(C)C(C)c1ccc(OC)cc1. The molecule has 0 aliphatic heterocycles. The Labute approximate surface area is 99.2 Å². The van der Waals surface area contributed by atoms with E-state index in [9.17, 15) is 0 Å². The van der Waals surface area contributed by atoms with Gasteiger partial charge in [-0.15, -0.1) is 0 Å². The Balaban J connectivity index is 2.60. The lowest BCUT2D eigenvalue weighted by Gasteiger charge is -2.25. The lowest BCUT2D eigenvalue weighted by molar-refractivity contribution is 0.257. The minimum absolute atomic E-state index is 0.470. The summed E-state index contributed by atoms with van der Waals surface area (Å²) in [6, 6.07) is 8.81. The highest BCUT2D eigenvalue weighted by Gasteiger charge is 2.10. The van der Waals surface area contributed by atoms with Crippen molar-refractivity contribution in [1.82, 2.24) is 4.90 Å². The van der Waals surface area contributed by atoms with E-state index in [4.69, 9.17) is 4.74 Å². The molecule has 0 N–H and O–H groups in total. The largest absolute Gasteiger partial charge is 0.497 e. The third-order valence-electron chi connectivity index (χ3n) is 3.12. The molecule has 0 saturated carbocycles. The molecule has 1 unspecified atom stereocenters. The smallest absolute Gasteiger partial charge is 0.118 e. The molecule has 0 saturated heterocycles.